The van der Waals surface area contributed by atoms with Gasteiger partial charge in [-0.15, -0.1) is 0 Å². The molecular weight excluding hydrogens is 864 g/mol. The van der Waals surface area contributed by atoms with E-state index in [0.717, 1.165) is 51.4 Å². The minimum Gasteiger partial charge on any atom is -0.391 e. The van der Waals surface area contributed by atoms with Crippen LogP contribution in [0.4, 0.5) is 0 Å². The fourth-order valence-corrected chi connectivity index (χ4v) is 10.0. The number of hydrogen-bond donors (Lipinski definition) is 3. The van der Waals surface area contributed by atoms with Crippen LogP contribution >= 0.6 is 7.82 Å². The number of allylic oxidation sites excluding steroid dienone is 2. The number of phosphoric ester groups is 1. The first kappa shape index (κ1) is 67.2. The molecule has 9 heteroatoms. The number of aliphatic hydroxyl groups is 1. The van der Waals surface area contributed by atoms with Crippen LogP contribution < -0.4 is 5.32 Å². The van der Waals surface area contributed by atoms with Crippen molar-refractivity contribution in [2.75, 3.05) is 40.9 Å². The lowest BCUT2D eigenvalue weighted by atomic mass is 10.0. The maximum Gasteiger partial charge on any atom is 0.472 e. The minimum absolute atomic E-state index is 0.0753. The van der Waals surface area contributed by atoms with Gasteiger partial charge < -0.3 is 19.8 Å². The van der Waals surface area contributed by atoms with E-state index in [1.165, 1.54) is 231 Å². The van der Waals surface area contributed by atoms with E-state index in [2.05, 4.69) is 31.3 Å². The van der Waals surface area contributed by atoms with Crippen LogP contribution in [0.25, 0.3) is 0 Å². The number of rotatable bonds is 56. The molecule has 0 bridgehead atoms. The van der Waals surface area contributed by atoms with Gasteiger partial charge in [0.05, 0.1) is 39.9 Å². The molecule has 0 aliphatic heterocycles. The molecule has 1 amide bonds. The van der Waals surface area contributed by atoms with Gasteiger partial charge in [-0.1, -0.05) is 276 Å². The summed E-state index contributed by atoms with van der Waals surface area (Å²) in [6.45, 7) is 4.90. The van der Waals surface area contributed by atoms with Gasteiger partial charge >= 0.3 is 7.82 Å². The van der Waals surface area contributed by atoms with E-state index in [0.29, 0.717) is 23.9 Å². The summed E-state index contributed by atoms with van der Waals surface area (Å²) in [7, 11) is 1.62. The minimum atomic E-state index is -4.32. The maximum atomic E-state index is 12.9. The zero-order chi connectivity index (χ0) is 49.9. The van der Waals surface area contributed by atoms with Crippen molar-refractivity contribution in [1.29, 1.82) is 0 Å². The number of carbonyl (C=O) groups excluding carboxylic acids is 1. The fourth-order valence-electron chi connectivity index (χ4n) is 9.28. The second kappa shape index (κ2) is 51.2. The van der Waals surface area contributed by atoms with Crippen LogP contribution in [-0.2, 0) is 18.4 Å². The Balaban J connectivity index is 3.95. The third kappa shape index (κ3) is 53.0. The van der Waals surface area contributed by atoms with Gasteiger partial charge in [-0.25, -0.2) is 4.57 Å². The lowest BCUT2D eigenvalue weighted by Gasteiger charge is -2.26. The summed E-state index contributed by atoms with van der Waals surface area (Å²) in [6.07, 6.45) is 63.0. The first-order valence-corrected chi connectivity index (χ1v) is 31.5. The molecule has 0 aromatic rings. The molecule has 3 unspecified atom stereocenters. The molecule has 0 aromatic heterocycles. The molecule has 0 fully saturated rings. The van der Waals surface area contributed by atoms with Crippen LogP contribution in [0.3, 0.4) is 0 Å². The summed E-state index contributed by atoms with van der Waals surface area (Å²) in [5.74, 6) is -0.149. The number of hydrogen-bond acceptors (Lipinski definition) is 5. The highest BCUT2D eigenvalue weighted by molar-refractivity contribution is 7.47. The second-order valence-electron chi connectivity index (χ2n) is 22.1. The SMILES string of the molecule is CCCCCC/C=C\CCCCCCCC(=O)NC(COP(=O)(O)OCC[N+](C)(C)C)C(O)CCCCCCCCCCCCCCCCCCCCCCCCCCCCCCCCCCC. The molecule has 0 saturated carbocycles. The van der Waals surface area contributed by atoms with E-state index in [4.69, 9.17) is 9.05 Å². The van der Waals surface area contributed by atoms with E-state index in [1.807, 2.05) is 21.1 Å². The number of likely N-dealkylation sites (N-methyl/N-ethyl adjacent to an activating group) is 1. The number of amides is 1. The summed E-state index contributed by atoms with van der Waals surface area (Å²) in [5, 5.41) is 14.0. The Morgan fingerprint density at radius 2 is 0.794 bits per heavy atom. The summed E-state index contributed by atoms with van der Waals surface area (Å²) in [4.78, 5) is 23.3. The molecule has 406 valence electrons. The van der Waals surface area contributed by atoms with Crippen molar-refractivity contribution in [3.63, 3.8) is 0 Å². The van der Waals surface area contributed by atoms with Gasteiger partial charge in [-0.2, -0.15) is 0 Å². The quantitative estimate of drug-likeness (QED) is 0.0243. The summed E-state index contributed by atoms with van der Waals surface area (Å²) in [5.41, 5.74) is 0. The van der Waals surface area contributed by atoms with Gasteiger partial charge in [-0.3, -0.25) is 13.8 Å². The van der Waals surface area contributed by atoms with E-state index < -0.39 is 20.0 Å². The fraction of sp³-hybridized carbons (Fsp3) is 0.949. The molecule has 0 rings (SSSR count). The molecule has 3 atom stereocenters. The predicted molar refractivity (Wildman–Crippen MR) is 295 cm³/mol. The van der Waals surface area contributed by atoms with Crippen molar-refractivity contribution >= 4 is 13.7 Å². The van der Waals surface area contributed by atoms with Crippen LogP contribution in [-0.4, -0.2) is 73.4 Å². The third-order valence-corrected chi connectivity index (χ3v) is 15.0. The maximum absolute atomic E-state index is 12.9. The van der Waals surface area contributed by atoms with Crippen molar-refractivity contribution in [1.82, 2.24) is 5.32 Å². The van der Waals surface area contributed by atoms with Crippen LogP contribution in [0.2, 0.25) is 0 Å². The Kier molecular flexibility index (Phi) is 50.6. The molecule has 8 nitrogen and oxygen atoms in total. The average Bonchev–Trinajstić information content (AvgIpc) is 3.30. The van der Waals surface area contributed by atoms with Gasteiger partial charge in [0.1, 0.15) is 13.2 Å². The van der Waals surface area contributed by atoms with E-state index in [9.17, 15) is 19.4 Å². The summed E-state index contributed by atoms with van der Waals surface area (Å²) >= 11 is 0. The van der Waals surface area contributed by atoms with Crippen molar-refractivity contribution in [2.24, 2.45) is 0 Å². The summed E-state index contributed by atoms with van der Waals surface area (Å²) in [6, 6.07) is -0.762. The molecular formula is C59H120N2O6P+. The molecule has 0 spiro atoms. The van der Waals surface area contributed by atoms with E-state index in [-0.39, 0.29) is 19.1 Å². The van der Waals surface area contributed by atoms with Crippen LogP contribution in [0, 0.1) is 0 Å². The number of aliphatic hydroxyl groups excluding tert-OH is 1. The van der Waals surface area contributed by atoms with Gasteiger partial charge in [0.25, 0.3) is 0 Å². The van der Waals surface area contributed by atoms with Crippen LogP contribution in [0.15, 0.2) is 12.2 Å². The monoisotopic (exact) mass is 984 g/mol. The molecule has 0 aromatic carbocycles. The van der Waals surface area contributed by atoms with E-state index in [1.54, 1.807) is 0 Å². The largest absolute Gasteiger partial charge is 0.472 e. The molecule has 0 heterocycles. The smallest absolute Gasteiger partial charge is 0.391 e. The highest BCUT2D eigenvalue weighted by atomic mass is 31.2. The molecule has 0 aliphatic carbocycles. The van der Waals surface area contributed by atoms with Crippen molar-refractivity contribution in [3.8, 4) is 0 Å². The van der Waals surface area contributed by atoms with Gasteiger partial charge in [-0.05, 0) is 38.5 Å². The average molecular weight is 985 g/mol. The Hall–Kier alpha value is -0.760. The topological polar surface area (TPSA) is 105 Å². The highest BCUT2D eigenvalue weighted by Gasteiger charge is 2.28. The second-order valence-corrected chi connectivity index (χ2v) is 23.5. The van der Waals surface area contributed by atoms with Crippen molar-refractivity contribution < 1.29 is 32.9 Å². The Bertz CT molecular complexity index is 1120. The lowest BCUT2D eigenvalue weighted by Crippen LogP contribution is -2.46. The Morgan fingerprint density at radius 3 is 1.15 bits per heavy atom. The number of nitrogens with one attached hydrogen (secondary N) is 1. The first-order chi connectivity index (χ1) is 33.0. The number of unbranched alkanes of at least 4 members (excludes halogenated alkanes) is 41. The number of nitrogens with zero attached hydrogens (tertiary/aromatic N) is 1. The standard InChI is InChI=1S/C59H119N2O6P/c1-6-8-10-12-14-16-18-20-21-22-23-24-25-26-27-28-29-30-31-32-33-34-35-36-37-38-39-41-42-44-46-48-50-52-58(62)57(56-67-68(64,65)66-55-54-61(3,4)5)60-59(63)53-51-49-47-45-43-40-19-17-15-13-11-9-7-2/h17,19,57-58,62H,6-16,18,20-56H2,1-5H3,(H-,60,63,64,65)/p+1/b19-17-. The first-order valence-electron chi connectivity index (χ1n) is 30.1. The molecule has 68 heavy (non-hydrogen) atoms. The highest BCUT2D eigenvalue weighted by Crippen LogP contribution is 2.43. The van der Waals surface area contributed by atoms with Gasteiger partial charge in [0, 0.05) is 6.42 Å². The van der Waals surface area contributed by atoms with Gasteiger partial charge in [0.15, 0.2) is 0 Å². The third-order valence-electron chi connectivity index (χ3n) is 14.0. The Morgan fingerprint density at radius 1 is 0.485 bits per heavy atom. The number of quaternary nitrogens is 1. The lowest BCUT2D eigenvalue weighted by molar-refractivity contribution is -0.870. The van der Waals surface area contributed by atoms with Crippen molar-refractivity contribution in [3.05, 3.63) is 12.2 Å². The number of phosphoric acid groups is 1. The van der Waals surface area contributed by atoms with Crippen LogP contribution in [0.1, 0.15) is 309 Å². The van der Waals surface area contributed by atoms with Crippen molar-refractivity contribution in [2.45, 2.75) is 321 Å². The Labute approximate surface area is 424 Å². The predicted octanol–water partition coefficient (Wildman–Crippen LogP) is 18.2. The normalized spacial score (nSPS) is 13.9. The summed E-state index contributed by atoms with van der Waals surface area (Å²) < 4.78 is 23.7. The van der Waals surface area contributed by atoms with Gasteiger partial charge in [0.2, 0.25) is 5.91 Å². The zero-order valence-corrected chi connectivity index (χ0v) is 47.3. The molecule has 3 N–H and O–H groups in total. The molecule has 0 saturated heterocycles. The van der Waals surface area contributed by atoms with E-state index >= 15 is 0 Å². The van der Waals surface area contributed by atoms with Crippen LogP contribution in [0.5, 0.6) is 0 Å². The molecule has 0 aliphatic rings. The number of carbonyl (C=O) groups is 1. The molecule has 0 radical (unpaired) electrons. The zero-order valence-electron chi connectivity index (χ0n) is 46.4.